The Morgan fingerprint density at radius 2 is 0.586 bits per heavy atom. The molecule has 416 valence electrons. The van der Waals surface area contributed by atoms with Crippen LogP contribution < -0.4 is 14.7 Å². The third kappa shape index (κ3) is 10.3. The fourth-order valence-electron chi connectivity index (χ4n) is 12.4. The smallest absolute Gasteiger partial charge is 0.0542 e. The molecular weight excluding hydrogens is 1050 g/mol. The minimum absolute atomic E-state index is 1.05. The predicted octanol–water partition coefficient (Wildman–Crippen LogP) is 22.8. The Morgan fingerprint density at radius 3 is 1.01 bits per heavy atom. The van der Waals surface area contributed by atoms with Crippen LogP contribution in [-0.2, 0) is 0 Å². The van der Waals surface area contributed by atoms with Gasteiger partial charge in [-0.15, -0.1) is 0 Å². The van der Waals surface area contributed by atoms with Crippen LogP contribution in [0.2, 0.25) is 0 Å². The van der Waals surface area contributed by atoms with Crippen LogP contribution in [0.5, 0.6) is 0 Å². The van der Waals surface area contributed by atoms with Crippen LogP contribution in [0.15, 0.2) is 334 Å². The molecule has 0 N–H and O–H groups in total. The van der Waals surface area contributed by atoms with Crippen LogP contribution in [0.1, 0.15) is 25.0 Å². The summed E-state index contributed by atoms with van der Waals surface area (Å²) < 4.78 is 4.77. The molecule has 5 nitrogen and oxygen atoms in total. The first-order chi connectivity index (χ1) is 42.9. The van der Waals surface area contributed by atoms with E-state index < -0.39 is 0 Å². The third-order valence-corrected chi connectivity index (χ3v) is 16.7. The van der Waals surface area contributed by atoms with E-state index in [1.54, 1.807) is 0 Å². The van der Waals surface area contributed by atoms with E-state index in [0.717, 1.165) is 95.8 Å². The summed E-state index contributed by atoms with van der Waals surface area (Å²) in [5, 5.41) is 4.74. The fourth-order valence-corrected chi connectivity index (χ4v) is 12.4. The van der Waals surface area contributed by atoms with Gasteiger partial charge in [-0.1, -0.05) is 177 Å². The number of para-hydroxylation sites is 5. The fraction of sp³-hybridized carbons (Fsp3) is 0.0244. The normalized spacial score (nSPS) is 11.8. The Hall–Kier alpha value is -11.4. The summed E-state index contributed by atoms with van der Waals surface area (Å²) in [4.78, 5) is 7.07. The molecule has 14 aromatic rings. The SMILES string of the molecule is C=Cc1ccc(-c2ccc3c(c2)c2cc(N(/C(C)=C/C=C(\C)N(c4ccccc4)c4ccc(N(c5ccccc5)c5ccc6c(c5)c5cc(-c7ccc(C=C)cc7)ccc5n6-c5ccccc5)cc4)c4ccccc4)ccc2n3-c2ccccc2)cc1. The lowest BCUT2D eigenvalue weighted by atomic mass is 10.0. The minimum Gasteiger partial charge on any atom is -0.315 e. The topological polar surface area (TPSA) is 19.6 Å². The Balaban J connectivity index is 0.843. The van der Waals surface area contributed by atoms with Crippen molar-refractivity contribution in [2.45, 2.75) is 13.8 Å². The quantitative estimate of drug-likeness (QED) is 0.0899. The molecule has 12 aromatic carbocycles. The molecule has 0 atom stereocenters. The Morgan fingerprint density at radius 1 is 0.287 bits per heavy atom. The number of rotatable bonds is 16. The molecule has 2 aromatic heterocycles. The maximum absolute atomic E-state index is 3.98. The van der Waals surface area contributed by atoms with Gasteiger partial charge in [-0.05, 0) is 205 Å². The zero-order valence-electron chi connectivity index (χ0n) is 48.7. The van der Waals surface area contributed by atoms with E-state index in [1.165, 1.54) is 43.8 Å². The zero-order chi connectivity index (χ0) is 58.8. The molecular formula is C82H63N5. The van der Waals surface area contributed by atoms with Crippen molar-refractivity contribution in [2.75, 3.05) is 14.7 Å². The number of aromatic nitrogens is 2. The Labute approximate surface area is 509 Å². The Bertz CT molecular complexity index is 4870. The van der Waals surface area contributed by atoms with Gasteiger partial charge in [-0.25, -0.2) is 0 Å². The van der Waals surface area contributed by atoms with Gasteiger partial charge in [0.1, 0.15) is 0 Å². The maximum Gasteiger partial charge on any atom is 0.0542 e. The molecule has 14 rings (SSSR count). The highest BCUT2D eigenvalue weighted by Gasteiger charge is 2.22. The van der Waals surface area contributed by atoms with Gasteiger partial charge in [0, 0.05) is 84.1 Å². The molecule has 87 heavy (non-hydrogen) atoms. The molecule has 5 heteroatoms. The van der Waals surface area contributed by atoms with Gasteiger partial charge in [-0.2, -0.15) is 0 Å². The molecule has 0 aliphatic heterocycles. The van der Waals surface area contributed by atoms with Crippen molar-refractivity contribution in [2.24, 2.45) is 0 Å². The number of hydrogen-bond acceptors (Lipinski definition) is 3. The van der Waals surface area contributed by atoms with Crippen molar-refractivity contribution < 1.29 is 0 Å². The van der Waals surface area contributed by atoms with E-state index in [1.807, 2.05) is 12.2 Å². The molecule has 0 amide bonds. The van der Waals surface area contributed by atoms with E-state index in [4.69, 9.17) is 0 Å². The van der Waals surface area contributed by atoms with Crippen LogP contribution in [0.3, 0.4) is 0 Å². The average molecular weight is 1120 g/mol. The van der Waals surface area contributed by atoms with Gasteiger partial charge in [-0.3, -0.25) is 0 Å². The van der Waals surface area contributed by atoms with E-state index in [0.29, 0.717) is 0 Å². The van der Waals surface area contributed by atoms with Gasteiger partial charge in [0.05, 0.1) is 22.1 Å². The lowest BCUT2D eigenvalue weighted by Crippen LogP contribution is -2.16. The molecule has 0 aliphatic rings. The number of benzene rings is 12. The van der Waals surface area contributed by atoms with Crippen LogP contribution in [-0.4, -0.2) is 9.13 Å². The highest BCUT2D eigenvalue weighted by Crippen LogP contribution is 2.44. The predicted molar refractivity (Wildman–Crippen MR) is 372 cm³/mol. The summed E-state index contributed by atoms with van der Waals surface area (Å²) in [5.41, 5.74) is 23.3. The minimum atomic E-state index is 1.05. The number of allylic oxidation sites excluding steroid dienone is 4. The van der Waals surface area contributed by atoms with Gasteiger partial charge in [0.25, 0.3) is 0 Å². The molecule has 0 saturated carbocycles. The highest BCUT2D eigenvalue weighted by atomic mass is 15.2. The monoisotopic (exact) mass is 1120 g/mol. The second kappa shape index (κ2) is 23.3. The summed E-state index contributed by atoms with van der Waals surface area (Å²) in [5.74, 6) is 0. The summed E-state index contributed by atoms with van der Waals surface area (Å²) in [6, 6.07) is 107. The molecule has 0 fully saturated rings. The number of fused-ring (bicyclic) bond motifs is 6. The lowest BCUT2D eigenvalue weighted by molar-refractivity contribution is 1.13. The van der Waals surface area contributed by atoms with E-state index in [9.17, 15) is 0 Å². The van der Waals surface area contributed by atoms with Crippen molar-refractivity contribution in [3.63, 3.8) is 0 Å². The van der Waals surface area contributed by atoms with Crippen molar-refractivity contribution >= 4 is 95.6 Å². The van der Waals surface area contributed by atoms with Crippen LogP contribution in [0.4, 0.5) is 39.8 Å². The first-order valence-electron chi connectivity index (χ1n) is 29.6. The second-order valence-electron chi connectivity index (χ2n) is 22.0. The van der Waals surface area contributed by atoms with Gasteiger partial charge >= 0.3 is 0 Å². The maximum atomic E-state index is 3.98. The van der Waals surface area contributed by atoms with Crippen molar-refractivity contribution in [3.8, 4) is 33.6 Å². The first kappa shape index (κ1) is 53.6. The van der Waals surface area contributed by atoms with Crippen molar-refractivity contribution in [1.82, 2.24) is 9.13 Å². The number of nitrogens with zero attached hydrogens (tertiary/aromatic N) is 5. The third-order valence-electron chi connectivity index (χ3n) is 16.7. The highest BCUT2D eigenvalue weighted by molar-refractivity contribution is 6.13. The van der Waals surface area contributed by atoms with Crippen LogP contribution in [0, 0.1) is 0 Å². The zero-order valence-corrected chi connectivity index (χ0v) is 48.7. The Kier molecular flexibility index (Phi) is 14.4. The van der Waals surface area contributed by atoms with Crippen molar-refractivity contribution in [1.29, 1.82) is 0 Å². The number of anilines is 7. The van der Waals surface area contributed by atoms with E-state index in [2.05, 4.69) is 360 Å². The molecule has 0 bridgehead atoms. The first-order valence-corrected chi connectivity index (χ1v) is 29.6. The van der Waals surface area contributed by atoms with Gasteiger partial charge < -0.3 is 23.8 Å². The molecule has 0 spiro atoms. The largest absolute Gasteiger partial charge is 0.315 e. The number of hydrogen-bond donors (Lipinski definition) is 0. The molecule has 0 saturated heterocycles. The second-order valence-corrected chi connectivity index (χ2v) is 22.0. The summed E-state index contributed by atoms with van der Waals surface area (Å²) >= 11 is 0. The summed E-state index contributed by atoms with van der Waals surface area (Å²) in [7, 11) is 0. The van der Waals surface area contributed by atoms with Gasteiger partial charge in [0.15, 0.2) is 0 Å². The molecule has 2 heterocycles. The van der Waals surface area contributed by atoms with E-state index >= 15 is 0 Å². The summed E-state index contributed by atoms with van der Waals surface area (Å²) in [6.07, 6.45) is 8.27. The van der Waals surface area contributed by atoms with Crippen molar-refractivity contribution in [3.05, 3.63) is 345 Å². The van der Waals surface area contributed by atoms with Crippen LogP contribution >= 0.6 is 0 Å². The molecule has 0 unspecified atom stereocenters. The summed E-state index contributed by atoms with van der Waals surface area (Å²) in [6.45, 7) is 12.4. The van der Waals surface area contributed by atoms with Gasteiger partial charge in [0.2, 0.25) is 0 Å². The van der Waals surface area contributed by atoms with E-state index in [-0.39, 0.29) is 0 Å². The molecule has 0 aliphatic carbocycles. The van der Waals surface area contributed by atoms with Crippen LogP contribution in [0.25, 0.3) is 89.4 Å². The molecule has 0 radical (unpaired) electrons. The average Bonchev–Trinajstić information content (AvgIpc) is 1.69. The lowest BCUT2D eigenvalue weighted by Gasteiger charge is -2.29. The standard InChI is InChI=1S/C82H63N5/c1-5-60-34-38-62(39-35-60)64-42-50-79-75(54-64)77-56-73(48-52-81(77)86(79)69-28-18-10-19-29-69)84(67-24-14-8-15-25-67)59(4)33-32-58(3)83(66-22-12-7-13-23-66)71-44-46-72(47-45-71)85(68-26-16-9-17-27-68)74-49-53-82-78(57-74)76-55-65(63-40-36-61(6-2)37-41-63)43-51-80(76)87(82)70-30-20-11-21-31-70/h5-57H,1-2H2,3-4H3/b58-32+,59-33+.